The Hall–Kier alpha value is -1.84. The summed E-state index contributed by atoms with van der Waals surface area (Å²) in [6.07, 6.45) is 5.55. The van der Waals surface area contributed by atoms with E-state index in [1.54, 1.807) is 18.7 Å². The van der Waals surface area contributed by atoms with Crippen LogP contribution < -0.4 is 0 Å². The van der Waals surface area contributed by atoms with Crippen molar-refractivity contribution in [3.05, 3.63) is 35.2 Å². The van der Waals surface area contributed by atoms with E-state index >= 15 is 0 Å². The van der Waals surface area contributed by atoms with Crippen LogP contribution in [0.3, 0.4) is 0 Å². The van der Waals surface area contributed by atoms with Gasteiger partial charge in [-0.05, 0) is 31.7 Å². The SMILES string of the molecule is Cc1c(S(=O)(=O)N2CCCC3(C2)OCCc2cnc(C(C)C)nc23)cnn1C. The Kier molecular flexibility index (Phi) is 4.79. The number of hydrogen-bond acceptors (Lipinski definition) is 6. The van der Waals surface area contributed by atoms with E-state index in [2.05, 4.69) is 23.9 Å². The first kappa shape index (κ1) is 19.5. The van der Waals surface area contributed by atoms with Crippen molar-refractivity contribution in [3.63, 3.8) is 0 Å². The summed E-state index contributed by atoms with van der Waals surface area (Å²) < 4.78 is 36.0. The van der Waals surface area contributed by atoms with Crippen LogP contribution in [0.2, 0.25) is 0 Å². The molecule has 4 heterocycles. The Bertz CT molecular complexity index is 1000. The highest BCUT2D eigenvalue weighted by molar-refractivity contribution is 7.89. The molecule has 2 aromatic heterocycles. The minimum atomic E-state index is -3.65. The van der Waals surface area contributed by atoms with Crippen LogP contribution in [0.4, 0.5) is 0 Å². The monoisotopic (exact) mass is 405 g/mol. The van der Waals surface area contributed by atoms with Gasteiger partial charge < -0.3 is 4.74 Å². The lowest BCUT2D eigenvalue weighted by molar-refractivity contribution is -0.0936. The number of piperidine rings is 1. The fourth-order valence-electron chi connectivity index (χ4n) is 4.07. The molecule has 0 bridgehead atoms. The third-order valence-corrected chi connectivity index (χ3v) is 7.76. The smallest absolute Gasteiger partial charge is 0.246 e. The molecule has 28 heavy (non-hydrogen) atoms. The Morgan fingerprint density at radius 2 is 2.07 bits per heavy atom. The zero-order valence-corrected chi connectivity index (χ0v) is 17.7. The quantitative estimate of drug-likeness (QED) is 0.775. The van der Waals surface area contributed by atoms with Gasteiger partial charge in [-0.2, -0.15) is 9.40 Å². The van der Waals surface area contributed by atoms with Gasteiger partial charge in [-0.25, -0.2) is 18.4 Å². The Labute approximate surface area is 166 Å². The summed E-state index contributed by atoms with van der Waals surface area (Å²) in [4.78, 5) is 9.57. The first-order chi connectivity index (χ1) is 13.2. The molecule has 2 aliphatic rings. The number of hydrogen-bond donors (Lipinski definition) is 0. The normalized spacial score (nSPS) is 23.3. The highest BCUT2D eigenvalue weighted by atomic mass is 32.2. The summed E-state index contributed by atoms with van der Waals surface area (Å²) in [5.41, 5.74) is 1.85. The van der Waals surface area contributed by atoms with E-state index in [9.17, 15) is 8.42 Å². The highest BCUT2D eigenvalue weighted by Gasteiger charge is 2.46. The molecule has 0 amide bonds. The average molecular weight is 406 g/mol. The summed E-state index contributed by atoms with van der Waals surface area (Å²) in [6.45, 7) is 7.18. The van der Waals surface area contributed by atoms with Gasteiger partial charge in [-0.15, -0.1) is 0 Å². The van der Waals surface area contributed by atoms with Gasteiger partial charge >= 0.3 is 0 Å². The molecule has 0 saturated carbocycles. The standard InChI is InChI=1S/C19H27N5O3S/c1-13(2)18-20-10-15-6-9-27-19(17(15)22-18)7-5-8-24(12-19)28(25,26)16-11-21-23(4)14(16)3/h10-11,13H,5-9,12H2,1-4H3. The van der Waals surface area contributed by atoms with E-state index in [1.807, 2.05) is 6.20 Å². The summed E-state index contributed by atoms with van der Waals surface area (Å²) in [7, 11) is -1.90. The van der Waals surface area contributed by atoms with Crippen molar-refractivity contribution in [2.75, 3.05) is 19.7 Å². The molecule has 9 heteroatoms. The average Bonchev–Trinajstić information content (AvgIpc) is 3.01. The molecule has 0 N–H and O–H groups in total. The van der Waals surface area contributed by atoms with Gasteiger partial charge in [0.05, 0.1) is 24.2 Å². The minimum Gasteiger partial charge on any atom is -0.367 e. The number of aryl methyl sites for hydroxylation is 1. The molecule has 4 rings (SSSR count). The molecule has 1 atom stereocenters. The Morgan fingerprint density at radius 3 is 2.75 bits per heavy atom. The third-order valence-electron chi connectivity index (χ3n) is 5.81. The number of rotatable bonds is 3. The molecule has 8 nitrogen and oxygen atoms in total. The topological polar surface area (TPSA) is 90.2 Å². The van der Waals surface area contributed by atoms with E-state index in [1.165, 1.54) is 10.5 Å². The highest BCUT2D eigenvalue weighted by Crippen LogP contribution is 2.41. The summed E-state index contributed by atoms with van der Waals surface area (Å²) in [5, 5.41) is 4.11. The van der Waals surface area contributed by atoms with Gasteiger partial charge in [0.2, 0.25) is 10.0 Å². The summed E-state index contributed by atoms with van der Waals surface area (Å²) in [6, 6.07) is 0. The maximum absolute atomic E-state index is 13.3. The van der Waals surface area contributed by atoms with E-state index in [0.29, 0.717) is 18.8 Å². The third kappa shape index (κ3) is 3.05. The van der Waals surface area contributed by atoms with Crippen LogP contribution >= 0.6 is 0 Å². The second kappa shape index (κ2) is 6.89. The lowest BCUT2D eigenvalue weighted by atomic mass is 9.85. The lowest BCUT2D eigenvalue weighted by Gasteiger charge is -2.44. The lowest BCUT2D eigenvalue weighted by Crippen LogP contribution is -2.52. The Morgan fingerprint density at radius 1 is 1.29 bits per heavy atom. The predicted octanol–water partition coefficient (Wildman–Crippen LogP) is 1.89. The van der Waals surface area contributed by atoms with Crippen molar-refractivity contribution in [2.45, 2.75) is 56.4 Å². The molecule has 0 radical (unpaired) electrons. The zero-order valence-electron chi connectivity index (χ0n) is 16.8. The molecule has 2 aliphatic heterocycles. The van der Waals surface area contributed by atoms with Crippen LogP contribution in [0.1, 0.15) is 55.4 Å². The maximum Gasteiger partial charge on any atom is 0.246 e. The first-order valence-electron chi connectivity index (χ1n) is 9.73. The first-order valence-corrected chi connectivity index (χ1v) is 11.2. The number of ether oxygens (including phenoxy) is 1. The fraction of sp³-hybridized carbons (Fsp3) is 0.632. The van der Waals surface area contributed by atoms with E-state index in [4.69, 9.17) is 9.72 Å². The van der Waals surface area contributed by atoms with Gasteiger partial charge in [-0.1, -0.05) is 13.8 Å². The van der Waals surface area contributed by atoms with Crippen molar-refractivity contribution < 1.29 is 13.2 Å². The minimum absolute atomic E-state index is 0.200. The molecule has 152 valence electrons. The van der Waals surface area contributed by atoms with Gasteiger partial charge in [0, 0.05) is 32.3 Å². The van der Waals surface area contributed by atoms with Crippen LogP contribution in [0.15, 0.2) is 17.3 Å². The number of aromatic nitrogens is 4. The number of nitrogens with zero attached hydrogens (tertiary/aromatic N) is 5. The molecule has 2 aromatic rings. The van der Waals surface area contributed by atoms with Crippen LogP contribution in [0.5, 0.6) is 0 Å². The molecule has 1 spiro atoms. The Balaban J connectivity index is 1.74. The van der Waals surface area contributed by atoms with Gasteiger partial charge in [0.1, 0.15) is 16.3 Å². The van der Waals surface area contributed by atoms with Crippen LogP contribution in [0, 0.1) is 6.92 Å². The van der Waals surface area contributed by atoms with Crippen molar-refractivity contribution >= 4 is 10.0 Å². The molecular weight excluding hydrogens is 378 g/mol. The zero-order chi connectivity index (χ0) is 20.1. The van der Waals surface area contributed by atoms with Gasteiger partial charge in [-0.3, -0.25) is 4.68 Å². The summed E-state index contributed by atoms with van der Waals surface area (Å²) in [5.74, 6) is 0.970. The van der Waals surface area contributed by atoms with Crippen molar-refractivity contribution in [3.8, 4) is 0 Å². The van der Waals surface area contributed by atoms with Gasteiger partial charge in [0.25, 0.3) is 0 Å². The largest absolute Gasteiger partial charge is 0.367 e. The van der Waals surface area contributed by atoms with Crippen molar-refractivity contribution in [1.82, 2.24) is 24.1 Å². The second-order valence-corrected chi connectivity index (χ2v) is 9.92. The van der Waals surface area contributed by atoms with E-state index in [0.717, 1.165) is 36.3 Å². The van der Waals surface area contributed by atoms with Crippen molar-refractivity contribution in [1.29, 1.82) is 0 Å². The molecule has 0 aliphatic carbocycles. The fourth-order valence-corrected chi connectivity index (χ4v) is 5.78. The molecule has 1 fully saturated rings. The van der Waals surface area contributed by atoms with Gasteiger partial charge in [0.15, 0.2) is 0 Å². The van der Waals surface area contributed by atoms with Crippen molar-refractivity contribution in [2.24, 2.45) is 7.05 Å². The number of sulfonamides is 1. The van der Waals surface area contributed by atoms with Crippen LogP contribution in [-0.2, 0) is 33.8 Å². The molecular formula is C19H27N5O3S. The second-order valence-electron chi connectivity index (χ2n) is 8.01. The van der Waals surface area contributed by atoms with E-state index < -0.39 is 15.6 Å². The summed E-state index contributed by atoms with van der Waals surface area (Å²) >= 11 is 0. The molecule has 1 unspecified atom stereocenters. The number of fused-ring (bicyclic) bond motifs is 2. The predicted molar refractivity (Wildman–Crippen MR) is 103 cm³/mol. The molecule has 1 saturated heterocycles. The maximum atomic E-state index is 13.3. The van der Waals surface area contributed by atoms with Crippen LogP contribution in [0.25, 0.3) is 0 Å². The van der Waals surface area contributed by atoms with Crippen LogP contribution in [-0.4, -0.2) is 52.2 Å². The molecule has 0 aromatic carbocycles. The van der Waals surface area contributed by atoms with E-state index in [-0.39, 0.29) is 17.4 Å².